The van der Waals surface area contributed by atoms with Crippen LogP contribution in [0.3, 0.4) is 0 Å². The highest BCUT2D eigenvalue weighted by Crippen LogP contribution is 2.51. The normalized spacial score (nSPS) is 25.6. The minimum atomic E-state index is -0.582. The second-order valence-electron chi connectivity index (χ2n) is 9.64. The Bertz CT molecular complexity index is 1220. The van der Waals surface area contributed by atoms with Crippen LogP contribution in [-0.4, -0.2) is 22.6 Å². The number of aryl methyl sites for hydroxylation is 1. The first-order chi connectivity index (χ1) is 15.3. The van der Waals surface area contributed by atoms with Crippen molar-refractivity contribution in [2.45, 2.75) is 64.6 Å². The van der Waals surface area contributed by atoms with Crippen molar-refractivity contribution in [3.05, 3.63) is 76.4 Å². The highest BCUT2D eigenvalue weighted by atomic mass is 16.2. The van der Waals surface area contributed by atoms with Crippen molar-refractivity contribution in [3.63, 3.8) is 0 Å². The molecule has 2 atom stereocenters. The third-order valence-electron chi connectivity index (χ3n) is 7.16. The van der Waals surface area contributed by atoms with Crippen molar-refractivity contribution < 1.29 is 4.79 Å². The summed E-state index contributed by atoms with van der Waals surface area (Å²) in [5, 5.41) is 15.4. The molecule has 0 aliphatic carbocycles. The van der Waals surface area contributed by atoms with E-state index in [2.05, 4.69) is 83.9 Å². The van der Waals surface area contributed by atoms with Gasteiger partial charge in [-0.05, 0) is 68.5 Å². The van der Waals surface area contributed by atoms with E-state index in [0.717, 1.165) is 52.1 Å². The van der Waals surface area contributed by atoms with E-state index < -0.39 is 5.41 Å². The fraction of sp³-hybridized carbons (Fsp3) is 0.385. The Balaban J connectivity index is 1.75. The number of fused-ring (bicyclic) bond motifs is 1. The van der Waals surface area contributed by atoms with E-state index >= 15 is 0 Å². The molecule has 1 aromatic carbocycles. The molecule has 0 radical (unpaired) electrons. The summed E-state index contributed by atoms with van der Waals surface area (Å²) in [5.74, 6) is -0.0156. The van der Waals surface area contributed by atoms with Crippen molar-refractivity contribution in [1.29, 1.82) is 0 Å². The van der Waals surface area contributed by atoms with E-state index in [1.807, 2.05) is 19.3 Å². The van der Waals surface area contributed by atoms with Gasteiger partial charge in [0.1, 0.15) is 0 Å². The molecule has 1 unspecified atom stereocenters. The molecule has 0 saturated carbocycles. The van der Waals surface area contributed by atoms with Gasteiger partial charge in [-0.15, -0.1) is 0 Å². The molecule has 5 rings (SSSR count). The second kappa shape index (κ2) is 7.12. The number of nitrogens with zero attached hydrogens (tertiary/aromatic N) is 3. The molecule has 32 heavy (non-hydrogen) atoms. The van der Waals surface area contributed by atoms with Gasteiger partial charge in [0.2, 0.25) is 0 Å². The van der Waals surface area contributed by atoms with Crippen LogP contribution < -0.4 is 10.6 Å². The molecule has 3 aliphatic heterocycles. The number of rotatable bonds is 3. The Morgan fingerprint density at radius 2 is 2.00 bits per heavy atom. The van der Waals surface area contributed by atoms with Gasteiger partial charge in [-0.3, -0.25) is 9.78 Å². The van der Waals surface area contributed by atoms with Gasteiger partial charge in [0.15, 0.2) is 6.17 Å². The summed E-state index contributed by atoms with van der Waals surface area (Å²) in [4.78, 5) is 18.0. The Morgan fingerprint density at radius 1 is 1.19 bits per heavy atom. The zero-order valence-corrected chi connectivity index (χ0v) is 19.3. The molecule has 6 heteroatoms. The van der Waals surface area contributed by atoms with Crippen LogP contribution in [0.15, 0.2) is 69.8 Å². The number of carbonyl (C=O) groups is 1. The molecule has 2 aromatic rings. The standard InChI is InChI=1S/C26H29N5O/c1-6-26(18-9-7-8-17(12-18)19-10-11-27-16(3)15(19)2)20-14-28-31-23(20)29-21-13-25(4,5)30-24(32)22(21)26/h7-12,14,23,29H,6,13H2,1-5H3,(H,30,32)/t23?,26-/m1/s1. The monoisotopic (exact) mass is 427 g/mol. The highest BCUT2D eigenvalue weighted by molar-refractivity contribution is 6.00. The number of pyridine rings is 1. The predicted molar refractivity (Wildman–Crippen MR) is 125 cm³/mol. The number of azo groups is 1. The maximum absolute atomic E-state index is 13.5. The molecule has 3 aliphatic rings. The average molecular weight is 428 g/mol. The smallest absolute Gasteiger partial charge is 0.250 e. The van der Waals surface area contributed by atoms with Crippen LogP contribution in [0.2, 0.25) is 0 Å². The van der Waals surface area contributed by atoms with Crippen molar-refractivity contribution in [3.8, 4) is 11.1 Å². The summed E-state index contributed by atoms with van der Waals surface area (Å²) in [5.41, 5.74) is 7.49. The lowest BCUT2D eigenvalue weighted by molar-refractivity contribution is -0.120. The Hall–Kier alpha value is -3.28. The van der Waals surface area contributed by atoms with E-state index in [0.29, 0.717) is 0 Å². The van der Waals surface area contributed by atoms with Gasteiger partial charge in [0.25, 0.3) is 5.91 Å². The topological polar surface area (TPSA) is 78.7 Å². The van der Waals surface area contributed by atoms with Crippen LogP contribution in [0.5, 0.6) is 0 Å². The number of carbonyl (C=O) groups excluding carboxylic acids is 1. The number of nitrogens with one attached hydrogen (secondary N) is 2. The Labute approximate surface area is 188 Å². The molecule has 0 fully saturated rings. The lowest BCUT2D eigenvalue weighted by atomic mass is 9.62. The average Bonchev–Trinajstić information content (AvgIpc) is 3.22. The summed E-state index contributed by atoms with van der Waals surface area (Å²) < 4.78 is 0. The summed E-state index contributed by atoms with van der Waals surface area (Å²) in [7, 11) is 0. The molecule has 6 nitrogen and oxygen atoms in total. The van der Waals surface area contributed by atoms with Crippen LogP contribution in [0.25, 0.3) is 11.1 Å². The van der Waals surface area contributed by atoms with Crippen LogP contribution in [0.4, 0.5) is 0 Å². The lowest BCUT2D eigenvalue weighted by Gasteiger charge is -2.48. The third-order valence-corrected chi connectivity index (χ3v) is 7.16. The summed E-state index contributed by atoms with van der Waals surface area (Å²) >= 11 is 0. The molecular weight excluding hydrogens is 398 g/mol. The van der Waals surface area contributed by atoms with Gasteiger partial charge in [-0.25, -0.2) is 0 Å². The van der Waals surface area contributed by atoms with Crippen LogP contribution in [0, 0.1) is 13.8 Å². The fourth-order valence-electron chi connectivity index (χ4n) is 5.51. The van der Waals surface area contributed by atoms with Gasteiger partial charge >= 0.3 is 0 Å². The van der Waals surface area contributed by atoms with Gasteiger partial charge in [0.05, 0.1) is 17.2 Å². The zero-order chi connectivity index (χ0) is 22.7. The molecule has 0 bridgehead atoms. The third kappa shape index (κ3) is 2.93. The second-order valence-corrected chi connectivity index (χ2v) is 9.64. The number of hydrogen-bond donors (Lipinski definition) is 2. The van der Waals surface area contributed by atoms with E-state index in [4.69, 9.17) is 0 Å². The van der Waals surface area contributed by atoms with E-state index in [1.54, 1.807) is 0 Å². The maximum atomic E-state index is 13.5. The molecule has 1 amide bonds. The summed E-state index contributed by atoms with van der Waals surface area (Å²) in [6, 6.07) is 10.6. The van der Waals surface area contributed by atoms with Crippen molar-refractivity contribution in [1.82, 2.24) is 15.6 Å². The van der Waals surface area contributed by atoms with E-state index in [1.165, 1.54) is 5.56 Å². The Morgan fingerprint density at radius 3 is 2.78 bits per heavy atom. The molecule has 164 valence electrons. The SMILES string of the molecule is CC[C@@]1(c2cccc(-c3ccnc(C)c3C)c2)C2=CN=NC2NC2=C1C(=O)NC(C)(C)C2. The minimum Gasteiger partial charge on any atom is -0.362 e. The Kier molecular flexibility index (Phi) is 4.59. The predicted octanol–water partition coefficient (Wildman–Crippen LogP) is 4.84. The fourth-order valence-corrected chi connectivity index (χ4v) is 5.51. The van der Waals surface area contributed by atoms with Crippen molar-refractivity contribution in [2.24, 2.45) is 10.2 Å². The molecule has 2 N–H and O–H groups in total. The van der Waals surface area contributed by atoms with Gasteiger partial charge in [-0.1, -0.05) is 25.1 Å². The number of hydrogen-bond acceptors (Lipinski definition) is 5. The van der Waals surface area contributed by atoms with Crippen LogP contribution in [-0.2, 0) is 10.2 Å². The van der Waals surface area contributed by atoms with Gasteiger partial charge in [0, 0.05) is 35.1 Å². The van der Waals surface area contributed by atoms with Gasteiger partial charge < -0.3 is 10.6 Å². The lowest BCUT2D eigenvalue weighted by Crippen LogP contribution is -2.58. The molecule has 0 spiro atoms. The van der Waals surface area contributed by atoms with Crippen LogP contribution >= 0.6 is 0 Å². The molecule has 0 saturated heterocycles. The first kappa shape index (κ1) is 20.6. The molecule has 4 heterocycles. The number of amides is 1. The first-order valence-electron chi connectivity index (χ1n) is 11.2. The number of benzene rings is 1. The van der Waals surface area contributed by atoms with E-state index in [9.17, 15) is 4.79 Å². The van der Waals surface area contributed by atoms with Gasteiger partial charge in [-0.2, -0.15) is 10.2 Å². The van der Waals surface area contributed by atoms with E-state index in [-0.39, 0.29) is 17.6 Å². The zero-order valence-electron chi connectivity index (χ0n) is 19.3. The maximum Gasteiger partial charge on any atom is 0.250 e. The quantitative estimate of drug-likeness (QED) is 0.735. The minimum absolute atomic E-state index is 0.0156. The van der Waals surface area contributed by atoms with Crippen molar-refractivity contribution >= 4 is 5.91 Å². The summed E-state index contributed by atoms with van der Waals surface area (Å²) in [6.45, 7) is 10.4. The van der Waals surface area contributed by atoms with Crippen molar-refractivity contribution in [2.75, 3.05) is 0 Å². The van der Waals surface area contributed by atoms with Crippen LogP contribution in [0.1, 0.15) is 50.4 Å². The summed E-state index contributed by atoms with van der Waals surface area (Å²) in [6.07, 6.45) is 4.94. The molecular formula is C26H29N5O. The first-order valence-corrected chi connectivity index (χ1v) is 11.2. The highest BCUT2D eigenvalue weighted by Gasteiger charge is 2.53. The largest absolute Gasteiger partial charge is 0.362 e. The molecule has 1 aromatic heterocycles. The number of aromatic nitrogens is 1.